The van der Waals surface area contributed by atoms with Gasteiger partial charge in [0.05, 0.1) is 18.2 Å². The van der Waals surface area contributed by atoms with Gasteiger partial charge in [-0.1, -0.05) is 6.92 Å². The summed E-state index contributed by atoms with van der Waals surface area (Å²) in [6, 6.07) is 0.0825. The fraction of sp³-hybridized carbons (Fsp3) is 0.909. The number of nitrogens with two attached hydrogens (primary N) is 1. The second-order valence-corrected chi connectivity index (χ2v) is 4.62. The van der Waals surface area contributed by atoms with E-state index in [1.165, 1.54) is 0 Å². The molecule has 1 saturated heterocycles. The van der Waals surface area contributed by atoms with Crippen LogP contribution in [0.5, 0.6) is 0 Å². The molecule has 3 N–H and O–H groups in total. The third-order valence-corrected chi connectivity index (χ3v) is 3.57. The first kappa shape index (κ1) is 13.3. The minimum Gasteiger partial charge on any atom is -0.379 e. The van der Waals surface area contributed by atoms with E-state index in [2.05, 4.69) is 5.32 Å². The van der Waals surface area contributed by atoms with Crippen LogP contribution in [0.2, 0.25) is 0 Å². The Hall–Kier alpha value is -0.810. The van der Waals surface area contributed by atoms with Crippen molar-refractivity contribution in [3.8, 4) is 0 Å². The molecule has 0 aromatic carbocycles. The lowest BCUT2D eigenvalue weighted by atomic mass is 9.97. The normalized spacial score (nSPS) is 23.9. The van der Waals surface area contributed by atoms with E-state index in [1.54, 1.807) is 11.9 Å². The topological polar surface area (TPSA) is 67.6 Å². The number of ether oxygens (including phenoxy) is 1. The van der Waals surface area contributed by atoms with Crippen molar-refractivity contribution in [3.63, 3.8) is 0 Å². The van der Waals surface area contributed by atoms with Crippen molar-refractivity contribution in [1.82, 2.24) is 10.2 Å². The van der Waals surface area contributed by atoms with Crippen LogP contribution in [0.15, 0.2) is 0 Å². The Bertz CT molecular complexity index is 235. The second-order valence-electron chi connectivity index (χ2n) is 4.62. The van der Waals surface area contributed by atoms with Gasteiger partial charge in [-0.2, -0.15) is 0 Å². The van der Waals surface area contributed by atoms with Crippen LogP contribution in [0.3, 0.4) is 0 Å². The first-order chi connectivity index (χ1) is 7.53. The summed E-state index contributed by atoms with van der Waals surface area (Å²) >= 11 is 0. The van der Waals surface area contributed by atoms with E-state index in [-0.39, 0.29) is 17.6 Å². The van der Waals surface area contributed by atoms with Gasteiger partial charge in [0.2, 0.25) is 0 Å². The van der Waals surface area contributed by atoms with Gasteiger partial charge in [0.1, 0.15) is 0 Å². The molecule has 1 aliphatic heterocycles. The summed E-state index contributed by atoms with van der Waals surface area (Å²) in [5, 5.41) is 2.96. The standard InChI is InChI=1S/C11H23N3O2/c1-4-11(2,8-12)14(3)10(15)13-9-5-6-16-7-9/h9H,4-8,12H2,1-3H3,(H,13,15). The third-order valence-electron chi connectivity index (χ3n) is 3.57. The van der Waals surface area contributed by atoms with E-state index in [4.69, 9.17) is 10.5 Å². The van der Waals surface area contributed by atoms with Gasteiger partial charge in [0.25, 0.3) is 0 Å². The Morgan fingerprint density at radius 1 is 1.69 bits per heavy atom. The van der Waals surface area contributed by atoms with Crippen molar-refractivity contribution in [2.75, 3.05) is 26.8 Å². The van der Waals surface area contributed by atoms with Gasteiger partial charge in [0, 0.05) is 20.2 Å². The van der Waals surface area contributed by atoms with Crippen LogP contribution in [0.4, 0.5) is 4.79 Å². The Labute approximate surface area is 97.3 Å². The van der Waals surface area contributed by atoms with Crippen LogP contribution in [0, 0.1) is 0 Å². The highest BCUT2D eigenvalue weighted by Crippen LogP contribution is 2.16. The number of amides is 2. The maximum absolute atomic E-state index is 12.0. The van der Waals surface area contributed by atoms with Crippen LogP contribution < -0.4 is 11.1 Å². The van der Waals surface area contributed by atoms with Crippen LogP contribution in [0.25, 0.3) is 0 Å². The molecule has 2 amide bonds. The highest BCUT2D eigenvalue weighted by Gasteiger charge is 2.30. The Morgan fingerprint density at radius 3 is 2.81 bits per heavy atom. The molecule has 16 heavy (non-hydrogen) atoms. The fourth-order valence-corrected chi connectivity index (χ4v) is 1.68. The number of carbonyl (C=O) groups is 1. The molecule has 1 heterocycles. The molecule has 0 spiro atoms. The van der Waals surface area contributed by atoms with Crippen molar-refractivity contribution >= 4 is 6.03 Å². The molecule has 0 aromatic heterocycles. The number of urea groups is 1. The molecule has 1 rings (SSSR count). The first-order valence-electron chi connectivity index (χ1n) is 5.85. The molecule has 94 valence electrons. The fourth-order valence-electron chi connectivity index (χ4n) is 1.68. The lowest BCUT2D eigenvalue weighted by Gasteiger charge is -2.37. The van der Waals surface area contributed by atoms with Crippen LogP contribution in [0.1, 0.15) is 26.7 Å². The van der Waals surface area contributed by atoms with Crippen LogP contribution in [-0.4, -0.2) is 49.3 Å². The molecule has 0 radical (unpaired) electrons. The minimum absolute atomic E-state index is 0.0645. The monoisotopic (exact) mass is 229 g/mol. The first-order valence-corrected chi connectivity index (χ1v) is 5.85. The van der Waals surface area contributed by atoms with E-state index in [9.17, 15) is 4.79 Å². The number of nitrogens with zero attached hydrogens (tertiary/aromatic N) is 1. The average molecular weight is 229 g/mol. The average Bonchev–Trinajstić information content (AvgIpc) is 2.79. The van der Waals surface area contributed by atoms with Gasteiger partial charge in [-0.3, -0.25) is 0 Å². The zero-order chi connectivity index (χ0) is 12.2. The second kappa shape index (κ2) is 5.50. The largest absolute Gasteiger partial charge is 0.379 e. The molecule has 1 fully saturated rings. The SMILES string of the molecule is CCC(C)(CN)N(C)C(=O)NC1CCOC1. The van der Waals surface area contributed by atoms with Crippen molar-refractivity contribution in [3.05, 3.63) is 0 Å². The van der Waals surface area contributed by atoms with E-state index in [0.29, 0.717) is 13.2 Å². The number of rotatable bonds is 4. The quantitative estimate of drug-likeness (QED) is 0.739. The maximum Gasteiger partial charge on any atom is 0.317 e. The van der Waals surface area contributed by atoms with E-state index in [0.717, 1.165) is 19.4 Å². The molecule has 0 aliphatic carbocycles. The predicted octanol–water partition coefficient (Wildman–Crippen LogP) is 0.544. The number of carbonyl (C=O) groups excluding carboxylic acids is 1. The lowest BCUT2D eigenvalue weighted by Crippen LogP contribution is -2.56. The summed E-state index contributed by atoms with van der Waals surface area (Å²) in [6.07, 6.45) is 1.74. The van der Waals surface area contributed by atoms with Crippen molar-refractivity contribution in [2.24, 2.45) is 5.73 Å². The van der Waals surface area contributed by atoms with Crippen molar-refractivity contribution < 1.29 is 9.53 Å². The highest BCUT2D eigenvalue weighted by molar-refractivity contribution is 5.75. The molecule has 5 heteroatoms. The molecule has 0 aromatic rings. The van der Waals surface area contributed by atoms with Crippen molar-refractivity contribution in [1.29, 1.82) is 0 Å². The van der Waals surface area contributed by atoms with Crippen LogP contribution >= 0.6 is 0 Å². The summed E-state index contributed by atoms with van der Waals surface area (Å²) in [5.74, 6) is 0. The summed E-state index contributed by atoms with van der Waals surface area (Å²) < 4.78 is 5.22. The minimum atomic E-state index is -0.274. The number of hydrogen-bond donors (Lipinski definition) is 2. The summed E-state index contributed by atoms with van der Waals surface area (Å²) in [6.45, 7) is 5.85. The highest BCUT2D eigenvalue weighted by atomic mass is 16.5. The van der Waals surface area contributed by atoms with Gasteiger partial charge in [-0.05, 0) is 19.8 Å². The zero-order valence-corrected chi connectivity index (χ0v) is 10.5. The predicted molar refractivity (Wildman–Crippen MR) is 63.3 cm³/mol. The Kier molecular flexibility index (Phi) is 4.56. The third kappa shape index (κ3) is 2.86. The van der Waals surface area contributed by atoms with Gasteiger partial charge >= 0.3 is 6.03 Å². The molecule has 1 aliphatic rings. The summed E-state index contributed by atoms with van der Waals surface area (Å²) in [4.78, 5) is 13.7. The van der Waals surface area contributed by atoms with Crippen molar-refractivity contribution in [2.45, 2.75) is 38.3 Å². The maximum atomic E-state index is 12.0. The van der Waals surface area contributed by atoms with E-state index in [1.807, 2.05) is 13.8 Å². The van der Waals surface area contributed by atoms with E-state index < -0.39 is 0 Å². The number of nitrogens with one attached hydrogen (secondary N) is 1. The number of hydrogen-bond acceptors (Lipinski definition) is 3. The lowest BCUT2D eigenvalue weighted by molar-refractivity contribution is 0.140. The molecule has 0 saturated carbocycles. The Balaban J connectivity index is 2.51. The molecule has 2 unspecified atom stereocenters. The Morgan fingerprint density at radius 2 is 2.38 bits per heavy atom. The molecular formula is C11H23N3O2. The van der Waals surface area contributed by atoms with Gasteiger partial charge < -0.3 is 20.7 Å². The molecule has 0 bridgehead atoms. The molecule has 2 atom stereocenters. The molecule has 5 nitrogen and oxygen atoms in total. The summed E-state index contributed by atoms with van der Waals surface area (Å²) in [5.41, 5.74) is 5.44. The van der Waals surface area contributed by atoms with Crippen LogP contribution in [-0.2, 0) is 4.74 Å². The van der Waals surface area contributed by atoms with Gasteiger partial charge in [0.15, 0.2) is 0 Å². The van der Waals surface area contributed by atoms with E-state index >= 15 is 0 Å². The van der Waals surface area contributed by atoms with Gasteiger partial charge in [-0.15, -0.1) is 0 Å². The van der Waals surface area contributed by atoms with Gasteiger partial charge in [-0.25, -0.2) is 4.79 Å². The molecular weight excluding hydrogens is 206 g/mol. The summed E-state index contributed by atoms with van der Waals surface area (Å²) in [7, 11) is 1.79. The number of likely N-dealkylation sites (N-methyl/N-ethyl adjacent to an activating group) is 1. The zero-order valence-electron chi connectivity index (χ0n) is 10.5. The smallest absolute Gasteiger partial charge is 0.317 e.